The Labute approximate surface area is 163 Å². The largest absolute Gasteiger partial charge is 0.355 e. The van der Waals surface area contributed by atoms with Crippen LogP contribution in [0.2, 0.25) is 0 Å². The number of rotatable bonds is 4. The quantitative estimate of drug-likeness (QED) is 0.308. The van der Waals surface area contributed by atoms with Gasteiger partial charge in [0.15, 0.2) is 0 Å². The molecule has 2 aromatic carbocycles. The molecule has 1 aromatic heterocycles. The van der Waals surface area contributed by atoms with E-state index in [2.05, 4.69) is 33.0 Å². The number of benzene rings is 2. The molecule has 0 radical (unpaired) electrons. The number of aromatic nitrogens is 2. The van der Waals surface area contributed by atoms with E-state index < -0.39 is 11.7 Å². The minimum atomic E-state index is -0.808. The number of carbonyl (C=O) groups is 1. The SMILES string of the molecule is Cc1cc(C)n(-c2cc(Nc3ccc(I)cc3)c(C(=O)NO)cc2F)n1. The van der Waals surface area contributed by atoms with Gasteiger partial charge >= 0.3 is 0 Å². The van der Waals surface area contributed by atoms with Crippen molar-refractivity contribution < 1.29 is 14.4 Å². The third kappa shape index (κ3) is 3.70. The summed E-state index contributed by atoms with van der Waals surface area (Å²) < 4.78 is 17.2. The van der Waals surface area contributed by atoms with Crippen molar-refractivity contribution in [2.75, 3.05) is 5.32 Å². The minimum absolute atomic E-state index is 0.0196. The molecule has 3 rings (SSSR count). The number of amides is 1. The highest BCUT2D eigenvalue weighted by molar-refractivity contribution is 14.1. The number of aryl methyl sites for hydroxylation is 2. The summed E-state index contributed by atoms with van der Waals surface area (Å²) >= 11 is 2.19. The Bertz CT molecular complexity index is 970. The van der Waals surface area contributed by atoms with Gasteiger partial charge in [-0.05, 0) is 78.9 Å². The summed E-state index contributed by atoms with van der Waals surface area (Å²) in [7, 11) is 0. The van der Waals surface area contributed by atoms with Crippen LogP contribution in [0, 0.1) is 23.2 Å². The van der Waals surface area contributed by atoms with Crippen LogP contribution in [-0.2, 0) is 0 Å². The Balaban J connectivity index is 2.12. The van der Waals surface area contributed by atoms with E-state index in [0.29, 0.717) is 5.69 Å². The maximum absolute atomic E-state index is 14.6. The van der Waals surface area contributed by atoms with Crippen molar-refractivity contribution in [3.8, 4) is 5.69 Å². The molecule has 0 spiro atoms. The number of hydrogen-bond acceptors (Lipinski definition) is 4. The number of halogens is 2. The first-order valence-electron chi connectivity index (χ1n) is 7.73. The second-order valence-electron chi connectivity index (χ2n) is 5.76. The topological polar surface area (TPSA) is 79.2 Å². The molecule has 3 aromatic rings. The lowest BCUT2D eigenvalue weighted by molar-refractivity contribution is 0.0707. The lowest BCUT2D eigenvalue weighted by Crippen LogP contribution is -2.20. The van der Waals surface area contributed by atoms with E-state index in [1.807, 2.05) is 44.2 Å². The van der Waals surface area contributed by atoms with Crippen LogP contribution in [0.5, 0.6) is 0 Å². The molecule has 3 N–H and O–H groups in total. The fourth-order valence-electron chi connectivity index (χ4n) is 2.64. The van der Waals surface area contributed by atoms with Crippen molar-refractivity contribution in [3.05, 3.63) is 68.8 Å². The van der Waals surface area contributed by atoms with E-state index >= 15 is 0 Å². The number of anilines is 2. The molecule has 0 aliphatic heterocycles. The van der Waals surface area contributed by atoms with Gasteiger partial charge in [-0.2, -0.15) is 5.10 Å². The molecule has 26 heavy (non-hydrogen) atoms. The summed E-state index contributed by atoms with van der Waals surface area (Å²) in [4.78, 5) is 12.0. The van der Waals surface area contributed by atoms with Gasteiger partial charge < -0.3 is 5.32 Å². The molecular weight excluding hydrogens is 450 g/mol. The summed E-state index contributed by atoms with van der Waals surface area (Å²) in [5, 5.41) is 16.4. The molecule has 1 heterocycles. The third-order valence-corrected chi connectivity index (χ3v) is 4.51. The molecule has 8 heteroatoms. The molecular formula is C18H16FIN4O2. The molecule has 0 bridgehead atoms. The highest BCUT2D eigenvalue weighted by atomic mass is 127. The second-order valence-corrected chi connectivity index (χ2v) is 7.01. The maximum atomic E-state index is 14.6. The number of hydrogen-bond donors (Lipinski definition) is 3. The van der Waals surface area contributed by atoms with Gasteiger partial charge in [0, 0.05) is 15.0 Å². The zero-order valence-electron chi connectivity index (χ0n) is 14.0. The van der Waals surface area contributed by atoms with Crippen LogP contribution in [0.3, 0.4) is 0 Å². The summed E-state index contributed by atoms with van der Waals surface area (Å²) in [5.74, 6) is -1.43. The van der Waals surface area contributed by atoms with Crippen molar-refractivity contribution in [2.45, 2.75) is 13.8 Å². The van der Waals surface area contributed by atoms with Crippen molar-refractivity contribution >= 4 is 39.9 Å². The van der Waals surface area contributed by atoms with Gasteiger partial charge in [-0.25, -0.2) is 14.6 Å². The lowest BCUT2D eigenvalue weighted by atomic mass is 10.1. The van der Waals surface area contributed by atoms with Crippen molar-refractivity contribution in [1.29, 1.82) is 0 Å². The first-order chi connectivity index (χ1) is 12.4. The van der Waals surface area contributed by atoms with Crippen LogP contribution in [0.4, 0.5) is 15.8 Å². The molecule has 0 aliphatic rings. The van der Waals surface area contributed by atoms with E-state index in [1.165, 1.54) is 10.7 Å². The Morgan fingerprint density at radius 2 is 1.88 bits per heavy atom. The Morgan fingerprint density at radius 1 is 1.19 bits per heavy atom. The fraction of sp³-hybridized carbons (Fsp3) is 0.111. The van der Waals surface area contributed by atoms with E-state index in [1.54, 1.807) is 5.48 Å². The molecule has 1 amide bonds. The maximum Gasteiger partial charge on any atom is 0.276 e. The molecule has 0 aliphatic carbocycles. The predicted molar refractivity (Wildman–Crippen MR) is 105 cm³/mol. The highest BCUT2D eigenvalue weighted by Crippen LogP contribution is 2.28. The fourth-order valence-corrected chi connectivity index (χ4v) is 3.00. The van der Waals surface area contributed by atoms with Gasteiger partial charge in [-0.15, -0.1) is 0 Å². The third-order valence-electron chi connectivity index (χ3n) is 3.79. The summed E-state index contributed by atoms with van der Waals surface area (Å²) in [6, 6.07) is 11.9. The van der Waals surface area contributed by atoms with E-state index in [4.69, 9.17) is 5.21 Å². The Hall–Kier alpha value is -2.46. The average Bonchev–Trinajstić information content (AvgIpc) is 2.95. The van der Waals surface area contributed by atoms with Gasteiger partial charge in [0.2, 0.25) is 0 Å². The predicted octanol–water partition coefficient (Wildman–Crippen LogP) is 4.10. The summed E-state index contributed by atoms with van der Waals surface area (Å²) in [5.41, 5.74) is 4.33. The van der Waals surface area contributed by atoms with E-state index in [9.17, 15) is 9.18 Å². The van der Waals surface area contributed by atoms with Gasteiger partial charge in [-0.3, -0.25) is 10.0 Å². The highest BCUT2D eigenvalue weighted by Gasteiger charge is 2.18. The lowest BCUT2D eigenvalue weighted by Gasteiger charge is -2.15. The van der Waals surface area contributed by atoms with Crippen LogP contribution >= 0.6 is 22.6 Å². The van der Waals surface area contributed by atoms with Gasteiger partial charge in [0.05, 0.1) is 16.9 Å². The van der Waals surface area contributed by atoms with Crippen LogP contribution in [-0.4, -0.2) is 20.9 Å². The molecule has 0 saturated carbocycles. The zero-order chi connectivity index (χ0) is 18.8. The summed E-state index contributed by atoms with van der Waals surface area (Å²) in [6.07, 6.45) is 0. The van der Waals surface area contributed by atoms with Gasteiger partial charge in [-0.1, -0.05) is 0 Å². The number of hydroxylamine groups is 1. The van der Waals surface area contributed by atoms with Crippen molar-refractivity contribution in [1.82, 2.24) is 15.3 Å². The second kappa shape index (κ2) is 7.42. The molecule has 6 nitrogen and oxygen atoms in total. The minimum Gasteiger partial charge on any atom is -0.355 e. The van der Waals surface area contributed by atoms with Crippen LogP contribution in [0.1, 0.15) is 21.7 Å². The Morgan fingerprint density at radius 3 is 2.46 bits per heavy atom. The summed E-state index contributed by atoms with van der Waals surface area (Å²) in [6.45, 7) is 3.64. The number of carbonyl (C=O) groups excluding carboxylic acids is 1. The number of nitrogens with one attached hydrogen (secondary N) is 2. The average molecular weight is 466 g/mol. The van der Waals surface area contributed by atoms with Crippen molar-refractivity contribution in [3.63, 3.8) is 0 Å². The van der Waals surface area contributed by atoms with Gasteiger partial charge in [0.1, 0.15) is 11.5 Å². The smallest absolute Gasteiger partial charge is 0.276 e. The van der Waals surface area contributed by atoms with Crippen LogP contribution in [0.25, 0.3) is 5.69 Å². The number of nitrogens with zero attached hydrogens (tertiary/aromatic N) is 2. The first kappa shape index (κ1) is 18.3. The molecule has 0 fully saturated rings. The molecule has 0 unspecified atom stereocenters. The molecule has 0 atom stereocenters. The van der Waals surface area contributed by atoms with Gasteiger partial charge in [0.25, 0.3) is 5.91 Å². The Kier molecular flexibility index (Phi) is 5.23. The standard InChI is InChI=1S/C18H16FIN4O2/c1-10-7-11(2)24(22-10)17-9-16(14(8-15(17)19)18(25)23-26)21-13-5-3-12(20)4-6-13/h3-9,21,26H,1-2H3,(H,23,25). The normalized spacial score (nSPS) is 10.7. The first-order valence-corrected chi connectivity index (χ1v) is 8.81. The zero-order valence-corrected chi connectivity index (χ0v) is 16.2. The van der Waals surface area contributed by atoms with E-state index in [-0.39, 0.29) is 11.3 Å². The molecule has 0 saturated heterocycles. The van der Waals surface area contributed by atoms with Crippen LogP contribution in [0.15, 0.2) is 42.5 Å². The van der Waals surface area contributed by atoms with Crippen LogP contribution < -0.4 is 10.8 Å². The van der Waals surface area contributed by atoms with E-state index in [0.717, 1.165) is 26.7 Å². The van der Waals surface area contributed by atoms with Crippen molar-refractivity contribution in [2.24, 2.45) is 0 Å². The monoisotopic (exact) mass is 466 g/mol. The molecule has 134 valence electrons.